The fourth-order valence-corrected chi connectivity index (χ4v) is 6.35. The molecule has 0 saturated heterocycles. The Morgan fingerprint density at radius 2 is 1.70 bits per heavy atom. The number of carbonyl (C=O) groups is 1. The lowest BCUT2D eigenvalue weighted by Gasteiger charge is -2.45. The Kier molecular flexibility index (Phi) is 6.51. The molecule has 2 spiro atoms. The maximum Gasteiger partial charge on any atom is 0.262 e. The average molecular weight is 488 g/mol. The van der Waals surface area contributed by atoms with E-state index in [0.717, 1.165) is 54.4 Å². The van der Waals surface area contributed by atoms with Crippen LogP contribution in [0.3, 0.4) is 0 Å². The molecule has 2 aliphatic carbocycles. The summed E-state index contributed by atoms with van der Waals surface area (Å²) in [6, 6.07) is 11.8. The van der Waals surface area contributed by atoms with E-state index in [1.807, 2.05) is 26.0 Å². The average Bonchev–Trinajstić information content (AvgIpc) is 3.21. The van der Waals surface area contributed by atoms with Gasteiger partial charge in [-0.25, -0.2) is 4.99 Å². The molecule has 2 aromatic carbocycles. The van der Waals surface area contributed by atoms with Crippen molar-refractivity contribution in [3.8, 4) is 11.1 Å². The topological polar surface area (TPSA) is 67.9 Å². The summed E-state index contributed by atoms with van der Waals surface area (Å²) in [6.45, 7) is 4.00. The first-order valence-electron chi connectivity index (χ1n) is 11.6. The molecule has 1 unspecified atom stereocenters. The minimum absolute atomic E-state index is 0.0408. The molecule has 2 aromatic rings. The Labute approximate surface area is 205 Å². The number of aliphatic imine (C=N–C) groups is 1. The number of nitrogens with zero attached hydrogens (tertiary/aromatic N) is 2. The van der Waals surface area contributed by atoms with E-state index in [-0.39, 0.29) is 23.4 Å². The van der Waals surface area contributed by atoms with Gasteiger partial charge in [-0.15, -0.1) is 0 Å². The number of halogens is 2. The van der Waals surface area contributed by atoms with Crippen LogP contribution < -0.4 is 5.73 Å². The highest BCUT2D eigenvalue weighted by molar-refractivity contribution is 6.35. The number of methoxy groups -OCH3 is 1. The third kappa shape index (κ3) is 3.65. The van der Waals surface area contributed by atoms with Crippen molar-refractivity contribution in [1.82, 2.24) is 4.90 Å². The quantitative estimate of drug-likeness (QED) is 0.581. The fraction of sp³-hybridized carbons (Fsp3) is 0.462. The van der Waals surface area contributed by atoms with E-state index < -0.39 is 5.54 Å². The Morgan fingerprint density at radius 3 is 2.24 bits per heavy atom. The molecule has 1 aliphatic heterocycles. The highest BCUT2D eigenvalue weighted by atomic mass is 35.5. The molecule has 33 heavy (non-hydrogen) atoms. The summed E-state index contributed by atoms with van der Waals surface area (Å²) < 4.78 is 5.61. The zero-order valence-corrected chi connectivity index (χ0v) is 21.1. The number of amides is 1. The number of nitrogens with two attached hydrogens (primary N) is 1. The molecule has 1 atom stereocenters. The molecule has 1 heterocycles. The predicted molar refractivity (Wildman–Crippen MR) is 135 cm³/mol. The zero-order chi connectivity index (χ0) is 24.0. The van der Waals surface area contributed by atoms with Crippen LogP contribution in [-0.2, 0) is 21.5 Å². The maximum atomic E-state index is 13.7. The van der Waals surface area contributed by atoms with Crippen molar-refractivity contribution in [3.63, 3.8) is 0 Å². The van der Waals surface area contributed by atoms with Gasteiger partial charge in [-0.3, -0.25) is 9.69 Å². The minimum Gasteiger partial charge on any atom is -0.381 e. The van der Waals surface area contributed by atoms with Crippen molar-refractivity contribution in [1.29, 1.82) is 0 Å². The van der Waals surface area contributed by atoms with Crippen molar-refractivity contribution in [2.24, 2.45) is 16.1 Å². The smallest absolute Gasteiger partial charge is 0.262 e. The zero-order valence-electron chi connectivity index (χ0n) is 19.6. The minimum atomic E-state index is -0.988. The number of guanidine groups is 1. The van der Waals surface area contributed by atoms with Crippen LogP contribution in [0, 0.1) is 5.41 Å². The molecule has 0 radical (unpaired) electrons. The molecule has 176 valence electrons. The molecule has 2 N–H and O–H groups in total. The Morgan fingerprint density at radius 1 is 1.06 bits per heavy atom. The monoisotopic (exact) mass is 487 g/mol. The number of ether oxygens (including phenoxy) is 1. The van der Waals surface area contributed by atoms with E-state index in [4.69, 9.17) is 38.7 Å². The van der Waals surface area contributed by atoms with Gasteiger partial charge in [0.05, 0.1) is 6.10 Å². The molecule has 5 nitrogen and oxygen atoms in total. The lowest BCUT2D eigenvalue weighted by atomic mass is 9.61. The van der Waals surface area contributed by atoms with Crippen LogP contribution in [0.2, 0.25) is 10.0 Å². The first kappa shape index (κ1) is 24.1. The van der Waals surface area contributed by atoms with Crippen molar-refractivity contribution >= 4 is 35.1 Å². The number of fused-ring (bicyclic) bond motifs is 3. The summed E-state index contributed by atoms with van der Waals surface area (Å²) in [7, 11) is 3.47. The number of benzene rings is 2. The van der Waals surface area contributed by atoms with Crippen LogP contribution in [0.1, 0.15) is 50.7 Å². The largest absolute Gasteiger partial charge is 0.381 e. The van der Waals surface area contributed by atoms with Gasteiger partial charge in [0.25, 0.3) is 5.91 Å². The lowest BCUT2D eigenvalue weighted by molar-refractivity contribution is -0.137. The second-order valence-electron chi connectivity index (χ2n) is 8.97. The number of rotatable bonds is 2. The van der Waals surface area contributed by atoms with Crippen LogP contribution in [0.4, 0.5) is 0 Å². The second-order valence-corrected chi connectivity index (χ2v) is 9.84. The first-order chi connectivity index (χ1) is 15.8. The number of hydrogen-bond donors (Lipinski definition) is 1. The van der Waals surface area contributed by atoms with Gasteiger partial charge in [0.15, 0.2) is 11.5 Å². The maximum absolute atomic E-state index is 13.7. The van der Waals surface area contributed by atoms with E-state index >= 15 is 0 Å². The predicted octanol–water partition coefficient (Wildman–Crippen LogP) is 5.80. The van der Waals surface area contributed by atoms with Gasteiger partial charge in [-0.05, 0) is 78.6 Å². The van der Waals surface area contributed by atoms with Crippen molar-refractivity contribution in [2.45, 2.75) is 57.6 Å². The summed E-state index contributed by atoms with van der Waals surface area (Å²) in [5.41, 5.74) is 8.92. The fourth-order valence-electron chi connectivity index (χ4n) is 5.83. The van der Waals surface area contributed by atoms with Crippen LogP contribution in [0.25, 0.3) is 11.1 Å². The van der Waals surface area contributed by atoms with Crippen LogP contribution in [-0.4, -0.2) is 37.0 Å². The highest BCUT2D eigenvalue weighted by Crippen LogP contribution is 2.62. The molecular formula is C26H31Cl2N3O2. The molecule has 0 bridgehead atoms. The summed E-state index contributed by atoms with van der Waals surface area (Å²) in [5.74, 6) is 0.239. The van der Waals surface area contributed by atoms with Gasteiger partial charge < -0.3 is 10.5 Å². The third-order valence-corrected chi connectivity index (χ3v) is 7.89. The van der Waals surface area contributed by atoms with Gasteiger partial charge in [0, 0.05) is 29.6 Å². The molecule has 1 fully saturated rings. The summed E-state index contributed by atoms with van der Waals surface area (Å²) in [4.78, 5) is 20.1. The molecule has 3 aliphatic rings. The third-order valence-electron chi connectivity index (χ3n) is 7.46. The summed E-state index contributed by atoms with van der Waals surface area (Å²) in [5, 5.41) is 1.15. The first-order valence-corrected chi connectivity index (χ1v) is 12.3. The van der Waals surface area contributed by atoms with Gasteiger partial charge >= 0.3 is 0 Å². The summed E-state index contributed by atoms with van der Waals surface area (Å²) in [6.07, 6.45) is 4.60. The molecular weight excluding hydrogens is 457 g/mol. The standard InChI is InChI=1S/C24H25Cl2N3O2.C2H6/c1-29-21(30)24(28-22(29)27)20-11-14(16-9-17(25)12-18(26)10-16)3-4-15(20)13-23(24)7-5-19(31-2)6-8-23;1-2/h3-4,9-12,19H,5-8,13H2,1-2H3,(H2,27,28);1-2H3. The van der Waals surface area contributed by atoms with Gasteiger partial charge in [-0.2, -0.15) is 0 Å². The van der Waals surface area contributed by atoms with Crippen LogP contribution in [0.5, 0.6) is 0 Å². The van der Waals surface area contributed by atoms with E-state index in [9.17, 15) is 4.79 Å². The summed E-state index contributed by atoms with van der Waals surface area (Å²) >= 11 is 12.5. The van der Waals surface area contributed by atoms with Crippen LogP contribution in [0.15, 0.2) is 41.4 Å². The molecule has 1 amide bonds. The normalized spacial score (nSPS) is 28.1. The Hall–Kier alpha value is -2.08. The van der Waals surface area contributed by atoms with E-state index in [1.54, 1.807) is 20.2 Å². The van der Waals surface area contributed by atoms with Crippen molar-refractivity contribution < 1.29 is 9.53 Å². The highest BCUT2D eigenvalue weighted by Gasteiger charge is 2.66. The Balaban J connectivity index is 0.00000126. The SMILES string of the molecule is CC.COC1CCC2(CC1)Cc1ccc(-c3cc(Cl)cc(Cl)c3)cc1C21N=C(N)N(C)C1=O. The number of carbonyl (C=O) groups excluding carboxylic acids is 1. The van der Waals surface area contributed by atoms with Crippen molar-refractivity contribution in [3.05, 3.63) is 57.6 Å². The van der Waals surface area contributed by atoms with Gasteiger partial charge in [0.1, 0.15) is 0 Å². The van der Waals surface area contributed by atoms with E-state index in [2.05, 4.69) is 18.2 Å². The number of hydrogen-bond acceptors (Lipinski definition) is 4. The Bertz CT molecular complexity index is 1090. The van der Waals surface area contributed by atoms with Crippen LogP contribution >= 0.6 is 23.2 Å². The van der Waals surface area contributed by atoms with E-state index in [1.165, 1.54) is 4.90 Å². The molecule has 7 heteroatoms. The van der Waals surface area contributed by atoms with Crippen molar-refractivity contribution in [2.75, 3.05) is 14.2 Å². The van der Waals surface area contributed by atoms with Gasteiger partial charge in [0.2, 0.25) is 0 Å². The second kappa shape index (κ2) is 8.94. The lowest BCUT2D eigenvalue weighted by Crippen LogP contribution is -2.51. The molecule has 1 saturated carbocycles. The molecule has 5 rings (SSSR count). The molecule has 0 aromatic heterocycles. The van der Waals surface area contributed by atoms with E-state index in [0.29, 0.717) is 10.0 Å². The van der Waals surface area contributed by atoms with Gasteiger partial charge in [-0.1, -0.05) is 49.2 Å². The number of likely N-dealkylation sites (N-methyl/N-ethyl adjacent to an activating group) is 1.